The molecule has 0 atom stereocenters. The number of carbonyl (C=O) groups excluding carboxylic acids is 2. The molecule has 120 valence electrons. The van der Waals surface area contributed by atoms with Gasteiger partial charge in [-0.3, -0.25) is 9.59 Å². The van der Waals surface area contributed by atoms with Crippen LogP contribution in [0.2, 0.25) is 0 Å². The first-order chi connectivity index (χ1) is 11.0. The first kappa shape index (κ1) is 15.3. The van der Waals surface area contributed by atoms with Gasteiger partial charge < -0.3 is 14.7 Å². The van der Waals surface area contributed by atoms with Crippen LogP contribution in [0.5, 0.6) is 0 Å². The Balaban J connectivity index is 1.76. The van der Waals surface area contributed by atoms with E-state index < -0.39 is 0 Å². The van der Waals surface area contributed by atoms with Gasteiger partial charge in [0, 0.05) is 40.2 Å². The zero-order chi connectivity index (χ0) is 16.6. The van der Waals surface area contributed by atoms with Gasteiger partial charge in [0.15, 0.2) is 0 Å². The third-order valence-electron chi connectivity index (χ3n) is 4.33. The Hall–Kier alpha value is -2.62. The first-order valence-electron chi connectivity index (χ1n) is 7.68. The lowest BCUT2D eigenvalue weighted by molar-refractivity contribution is -0.133. The maximum Gasteiger partial charge on any atom is 0.228 e. The molecule has 23 heavy (non-hydrogen) atoms. The molecule has 0 unspecified atom stereocenters. The highest BCUT2D eigenvalue weighted by molar-refractivity contribution is 5.95. The summed E-state index contributed by atoms with van der Waals surface area (Å²) in [7, 11) is 3.48. The molecule has 7 heteroatoms. The smallest absolute Gasteiger partial charge is 0.228 e. The second kappa shape index (κ2) is 5.88. The van der Waals surface area contributed by atoms with Gasteiger partial charge in [-0.15, -0.1) is 0 Å². The number of nitriles is 1. The average Bonchev–Trinajstić information content (AvgIpc) is 2.92. The Morgan fingerprint density at radius 2 is 2.17 bits per heavy atom. The summed E-state index contributed by atoms with van der Waals surface area (Å²) in [5.41, 5.74) is 1.12. The van der Waals surface area contributed by atoms with E-state index in [1.807, 2.05) is 4.90 Å². The maximum atomic E-state index is 11.9. The SMILES string of the molecule is CN(C)C(=O)C1CN(c2ncc(N3CCCC3=O)cc2C#N)C1. The third-order valence-corrected chi connectivity index (χ3v) is 4.33. The lowest BCUT2D eigenvalue weighted by Crippen LogP contribution is -2.54. The summed E-state index contributed by atoms with van der Waals surface area (Å²) in [6, 6.07) is 3.87. The van der Waals surface area contributed by atoms with Gasteiger partial charge >= 0.3 is 0 Å². The van der Waals surface area contributed by atoms with Crippen LogP contribution in [0.15, 0.2) is 12.3 Å². The molecule has 1 aromatic heterocycles. The fourth-order valence-corrected chi connectivity index (χ4v) is 3.02. The van der Waals surface area contributed by atoms with E-state index in [-0.39, 0.29) is 17.7 Å². The maximum absolute atomic E-state index is 11.9. The molecule has 2 fully saturated rings. The second-order valence-electron chi connectivity index (χ2n) is 6.16. The van der Waals surface area contributed by atoms with Crippen molar-refractivity contribution in [2.45, 2.75) is 12.8 Å². The number of pyridine rings is 1. The average molecular weight is 313 g/mol. The van der Waals surface area contributed by atoms with Gasteiger partial charge in [0.25, 0.3) is 0 Å². The van der Waals surface area contributed by atoms with E-state index in [9.17, 15) is 14.9 Å². The summed E-state index contributed by atoms with van der Waals surface area (Å²) < 4.78 is 0. The lowest BCUT2D eigenvalue weighted by atomic mass is 9.98. The van der Waals surface area contributed by atoms with Gasteiger partial charge in [-0.05, 0) is 12.5 Å². The predicted octanol–water partition coefficient (Wildman–Crippen LogP) is 0.604. The summed E-state index contributed by atoms with van der Waals surface area (Å²) in [6.45, 7) is 1.81. The number of aromatic nitrogens is 1. The van der Waals surface area contributed by atoms with Crippen molar-refractivity contribution >= 4 is 23.3 Å². The normalized spacial score (nSPS) is 17.9. The summed E-state index contributed by atoms with van der Waals surface area (Å²) >= 11 is 0. The fraction of sp³-hybridized carbons (Fsp3) is 0.500. The second-order valence-corrected chi connectivity index (χ2v) is 6.16. The van der Waals surface area contributed by atoms with E-state index in [2.05, 4.69) is 11.1 Å². The van der Waals surface area contributed by atoms with Crippen molar-refractivity contribution in [2.24, 2.45) is 5.92 Å². The lowest BCUT2D eigenvalue weighted by Gasteiger charge is -2.40. The number of hydrogen-bond acceptors (Lipinski definition) is 5. The van der Waals surface area contributed by atoms with Gasteiger partial charge in [-0.2, -0.15) is 5.26 Å². The zero-order valence-electron chi connectivity index (χ0n) is 13.3. The van der Waals surface area contributed by atoms with Crippen molar-refractivity contribution in [3.8, 4) is 6.07 Å². The Morgan fingerprint density at radius 3 is 2.74 bits per heavy atom. The van der Waals surface area contributed by atoms with E-state index >= 15 is 0 Å². The molecule has 0 aliphatic carbocycles. The molecule has 2 saturated heterocycles. The van der Waals surface area contributed by atoms with Crippen LogP contribution in [0.25, 0.3) is 0 Å². The number of rotatable bonds is 3. The molecule has 0 spiro atoms. The van der Waals surface area contributed by atoms with Crippen molar-refractivity contribution < 1.29 is 9.59 Å². The monoisotopic (exact) mass is 313 g/mol. The highest BCUT2D eigenvalue weighted by Gasteiger charge is 2.35. The minimum atomic E-state index is -0.0434. The van der Waals surface area contributed by atoms with Gasteiger partial charge in [-0.1, -0.05) is 0 Å². The molecule has 2 aliphatic heterocycles. The highest BCUT2D eigenvalue weighted by atomic mass is 16.2. The van der Waals surface area contributed by atoms with Crippen molar-refractivity contribution in [3.05, 3.63) is 17.8 Å². The van der Waals surface area contributed by atoms with Crippen LogP contribution in [0, 0.1) is 17.2 Å². The Labute approximate surface area is 135 Å². The molecule has 2 amide bonds. The molecule has 0 bridgehead atoms. The molecule has 3 rings (SSSR count). The van der Waals surface area contributed by atoms with Crippen molar-refractivity contribution in [1.29, 1.82) is 5.26 Å². The van der Waals surface area contributed by atoms with Gasteiger partial charge in [0.1, 0.15) is 11.9 Å². The van der Waals surface area contributed by atoms with Crippen LogP contribution < -0.4 is 9.80 Å². The zero-order valence-corrected chi connectivity index (χ0v) is 13.3. The molecule has 2 aliphatic rings. The van der Waals surface area contributed by atoms with E-state index in [1.54, 1.807) is 36.2 Å². The van der Waals surface area contributed by atoms with Crippen LogP contribution in [-0.4, -0.2) is 55.4 Å². The van der Waals surface area contributed by atoms with Crippen molar-refractivity contribution in [1.82, 2.24) is 9.88 Å². The topological polar surface area (TPSA) is 80.5 Å². The quantitative estimate of drug-likeness (QED) is 0.816. The summed E-state index contributed by atoms with van der Waals surface area (Å²) in [4.78, 5) is 33.3. The molecule has 0 radical (unpaired) electrons. The first-order valence-corrected chi connectivity index (χ1v) is 7.68. The molecule has 1 aromatic rings. The van der Waals surface area contributed by atoms with Crippen LogP contribution in [0.3, 0.4) is 0 Å². The standard InChI is InChI=1S/C16H19N5O2/c1-19(2)16(23)12-9-20(10-12)15-11(7-17)6-13(8-18-15)21-5-3-4-14(21)22/h6,8,12H,3-5,9-10H2,1-2H3. The largest absolute Gasteiger partial charge is 0.354 e. The van der Waals surface area contributed by atoms with E-state index in [0.717, 1.165) is 6.42 Å². The summed E-state index contributed by atoms with van der Waals surface area (Å²) in [5, 5.41) is 9.39. The molecule has 0 N–H and O–H groups in total. The third kappa shape index (κ3) is 2.72. The van der Waals surface area contributed by atoms with Crippen LogP contribution in [-0.2, 0) is 9.59 Å². The minimum absolute atomic E-state index is 0.0434. The van der Waals surface area contributed by atoms with Crippen LogP contribution >= 0.6 is 0 Å². The van der Waals surface area contributed by atoms with Crippen molar-refractivity contribution in [2.75, 3.05) is 43.5 Å². The number of nitrogens with zero attached hydrogens (tertiary/aromatic N) is 5. The Kier molecular flexibility index (Phi) is 3.90. The Morgan fingerprint density at radius 1 is 1.43 bits per heavy atom. The van der Waals surface area contributed by atoms with Gasteiger partial charge in [-0.25, -0.2) is 4.98 Å². The minimum Gasteiger partial charge on any atom is -0.354 e. The van der Waals surface area contributed by atoms with Crippen LogP contribution in [0.4, 0.5) is 11.5 Å². The highest BCUT2D eigenvalue weighted by Crippen LogP contribution is 2.30. The van der Waals surface area contributed by atoms with Crippen LogP contribution in [0.1, 0.15) is 18.4 Å². The van der Waals surface area contributed by atoms with E-state index in [1.165, 1.54) is 0 Å². The molecule has 0 saturated carbocycles. The van der Waals surface area contributed by atoms with Crippen molar-refractivity contribution in [3.63, 3.8) is 0 Å². The molecule has 0 aromatic carbocycles. The number of carbonyl (C=O) groups is 2. The predicted molar refractivity (Wildman–Crippen MR) is 84.9 cm³/mol. The number of anilines is 2. The Bertz CT molecular complexity index is 688. The molecule has 3 heterocycles. The molecular weight excluding hydrogens is 294 g/mol. The van der Waals surface area contributed by atoms with E-state index in [4.69, 9.17) is 0 Å². The number of hydrogen-bond donors (Lipinski definition) is 0. The summed E-state index contributed by atoms with van der Waals surface area (Å²) in [6.07, 6.45) is 3.02. The van der Waals surface area contributed by atoms with Gasteiger partial charge in [0.2, 0.25) is 11.8 Å². The molecule has 7 nitrogen and oxygen atoms in total. The summed E-state index contributed by atoms with van der Waals surface area (Å²) in [5.74, 6) is 0.715. The fourth-order valence-electron chi connectivity index (χ4n) is 3.02. The van der Waals surface area contributed by atoms with E-state index in [0.29, 0.717) is 43.1 Å². The van der Waals surface area contributed by atoms with Gasteiger partial charge in [0.05, 0.1) is 23.4 Å². The number of amides is 2. The molecular formula is C16H19N5O2.